The van der Waals surface area contributed by atoms with Gasteiger partial charge in [0.05, 0.1) is 13.2 Å². The summed E-state index contributed by atoms with van der Waals surface area (Å²) in [6.45, 7) is 6.33. The fourth-order valence-corrected chi connectivity index (χ4v) is 1.91. The van der Waals surface area contributed by atoms with Gasteiger partial charge in [0.25, 0.3) is 0 Å². The molecule has 0 aliphatic carbocycles. The Morgan fingerprint density at radius 3 is 2.89 bits per heavy atom. The Kier molecular flexibility index (Phi) is 9.61. The van der Waals surface area contributed by atoms with Crippen molar-refractivity contribution in [1.29, 1.82) is 0 Å². The molecule has 1 heterocycles. The van der Waals surface area contributed by atoms with E-state index in [2.05, 4.69) is 10.2 Å². The summed E-state index contributed by atoms with van der Waals surface area (Å²) < 4.78 is 15.4. The van der Waals surface area contributed by atoms with Gasteiger partial charge in [-0.3, -0.25) is 9.69 Å². The number of rotatable bonds is 9. The Hall–Kier alpha value is -0.690. The Labute approximate surface area is 115 Å². The lowest BCUT2D eigenvalue weighted by Gasteiger charge is -2.18. The second-order valence-electron chi connectivity index (χ2n) is 4.56. The van der Waals surface area contributed by atoms with Gasteiger partial charge in [0.1, 0.15) is 6.61 Å². The van der Waals surface area contributed by atoms with Crippen LogP contribution in [-0.4, -0.2) is 77.1 Å². The van der Waals surface area contributed by atoms with E-state index in [0.717, 1.165) is 39.0 Å². The molecule has 0 atom stereocenters. The van der Waals surface area contributed by atoms with E-state index in [1.165, 1.54) is 0 Å². The van der Waals surface area contributed by atoms with Gasteiger partial charge in [-0.2, -0.15) is 0 Å². The lowest BCUT2D eigenvalue weighted by atomic mass is 10.4. The third kappa shape index (κ3) is 8.93. The zero-order chi connectivity index (χ0) is 13.8. The number of carbonyl (C=O) groups excluding carboxylic acids is 1. The van der Waals surface area contributed by atoms with Crippen molar-refractivity contribution in [1.82, 2.24) is 10.2 Å². The normalized spacial score (nSPS) is 17.1. The fourth-order valence-electron chi connectivity index (χ4n) is 1.91. The molecule has 0 bridgehead atoms. The molecular formula is C13H26N2O4. The second kappa shape index (κ2) is 11.2. The summed E-state index contributed by atoms with van der Waals surface area (Å²) in [7, 11) is 1.67. The Morgan fingerprint density at radius 2 is 2.05 bits per heavy atom. The molecule has 0 amide bonds. The summed E-state index contributed by atoms with van der Waals surface area (Å²) in [5.74, 6) is -0.164. The molecule has 6 heteroatoms. The van der Waals surface area contributed by atoms with E-state index in [4.69, 9.17) is 14.2 Å². The minimum absolute atomic E-state index is 0.164. The third-order valence-electron chi connectivity index (χ3n) is 2.91. The van der Waals surface area contributed by atoms with Crippen LogP contribution in [-0.2, 0) is 19.0 Å². The average molecular weight is 274 g/mol. The number of nitrogens with zero attached hydrogens (tertiary/aromatic N) is 1. The van der Waals surface area contributed by atoms with Gasteiger partial charge in [-0.25, -0.2) is 0 Å². The zero-order valence-electron chi connectivity index (χ0n) is 11.9. The summed E-state index contributed by atoms with van der Waals surface area (Å²) in [5, 5.41) is 3.30. The molecule has 112 valence electrons. The van der Waals surface area contributed by atoms with Gasteiger partial charge in [-0.1, -0.05) is 0 Å². The molecule has 0 aromatic heterocycles. The van der Waals surface area contributed by atoms with Gasteiger partial charge in [-0.05, 0) is 25.9 Å². The van der Waals surface area contributed by atoms with Crippen molar-refractivity contribution in [3.63, 3.8) is 0 Å². The molecule has 0 spiro atoms. The molecule has 1 rings (SSSR count). The number of methoxy groups -OCH3 is 1. The molecular weight excluding hydrogens is 248 g/mol. The van der Waals surface area contributed by atoms with Crippen LogP contribution < -0.4 is 5.32 Å². The third-order valence-corrected chi connectivity index (χ3v) is 2.91. The Bertz CT molecular complexity index is 231. The minimum atomic E-state index is -0.164. The van der Waals surface area contributed by atoms with E-state index in [1.54, 1.807) is 7.11 Å². The lowest BCUT2D eigenvalue weighted by molar-refractivity contribution is -0.146. The molecule has 1 aliphatic heterocycles. The maximum atomic E-state index is 11.6. The van der Waals surface area contributed by atoms with Crippen LogP contribution in [0.25, 0.3) is 0 Å². The molecule has 0 radical (unpaired) electrons. The highest BCUT2D eigenvalue weighted by molar-refractivity contribution is 5.71. The summed E-state index contributed by atoms with van der Waals surface area (Å²) in [6.07, 6.45) is 1.95. The first-order chi connectivity index (χ1) is 9.33. The molecule has 6 nitrogen and oxygen atoms in total. The van der Waals surface area contributed by atoms with Crippen LogP contribution in [0.1, 0.15) is 12.8 Å². The number of nitrogens with one attached hydrogen (secondary N) is 1. The van der Waals surface area contributed by atoms with E-state index in [0.29, 0.717) is 33.0 Å². The lowest BCUT2D eigenvalue weighted by Crippen LogP contribution is -2.34. The van der Waals surface area contributed by atoms with Gasteiger partial charge in [-0.15, -0.1) is 0 Å². The van der Waals surface area contributed by atoms with Crippen molar-refractivity contribution in [3.05, 3.63) is 0 Å². The van der Waals surface area contributed by atoms with Crippen LogP contribution in [0.2, 0.25) is 0 Å². The smallest absolute Gasteiger partial charge is 0.320 e. The van der Waals surface area contributed by atoms with Crippen molar-refractivity contribution >= 4 is 5.97 Å². The molecule has 1 N–H and O–H groups in total. The van der Waals surface area contributed by atoms with Gasteiger partial charge in [0.15, 0.2) is 0 Å². The molecule has 1 fully saturated rings. The SMILES string of the molecule is COCCCOCCOC(=O)CN1CCCNCC1. The topological polar surface area (TPSA) is 60.0 Å². The van der Waals surface area contributed by atoms with E-state index in [9.17, 15) is 4.79 Å². The molecule has 0 saturated carbocycles. The molecule has 0 unspecified atom stereocenters. The van der Waals surface area contributed by atoms with E-state index in [-0.39, 0.29) is 5.97 Å². The molecule has 0 aromatic rings. The fraction of sp³-hybridized carbons (Fsp3) is 0.923. The Morgan fingerprint density at radius 1 is 1.16 bits per heavy atom. The number of carbonyl (C=O) groups is 1. The summed E-state index contributed by atoms with van der Waals surface area (Å²) in [6, 6.07) is 0. The van der Waals surface area contributed by atoms with Crippen LogP contribution in [0.15, 0.2) is 0 Å². The quantitative estimate of drug-likeness (QED) is 0.467. The number of esters is 1. The number of hydrogen-bond acceptors (Lipinski definition) is 6. The van der Waals surface area contributed by atoms with Gasteiger partial charge >= 0.3 is 5.97 Å². The first-order valence-electron chi connectivity index (χ1n) is 6.98. The van der Waals surface area contributed by atoms with Crippen LogP contribution >= 0.6 is 0 Å². The molecule has 0 aromatic carbocycles. The summed E-state index contributed by atoms with van der Waals surface area (Å²) in [5.41, 5.74) is 0. The molecule has 1 aliphatic rings. The molecule has 1 saturated heterocycles. The van der Waals surface area contributed by atoms with Crippen molar-refractivity contribution < 1.29 is 19.0 Å². The Balaban J connectivity index is 1.95. The van der Waals surface area contributed by atoms with E-state index in [1.807, 2.05) is 0 Å². The zero-order valence-corrected chi connectivity index (χ0v) is 11.9. The second-order valence-corrected chi connectivity index (χ2v) is 4.56. The number of hydrogen-bond donors (Lipinski definition) is 1. The highest BCUT2D eigenvalue weighted by Gasteiger charge is 2.13. The van der Waals surface area contributed by atoms with Crippen molar-refractivity contribution in [2.24, 2.45) is 0 Å². The predicted octanol–water partition coefficient (Wildman–Crippen LogP) is -0.122. The van der Waals surface area contributed by atoms with Crippen LogP contribution in [0.5, 0.6) is 0 Å². The highest BCUT2D eigenvalue weighted by Crippen LogP contribution is 1.96. The number of ether oxygens (including phenoxy) is 3. The predicted molar refractivity (Wildman–Crippen MR) is 72.2 cm³/mol. The van der Waals surface area contributed by atoms with E-state index < -0.39 is 0 Å². The maximum Gasteiger partial charge on any atom is 0.320 e. The van der Waals surface area contributed by atoms with Gasteiger partial charge < -0.3 is 19.5 Å². The van der Waals surface area contributed by atoms with Crippen molar-refractivity contribution in [2.75, 3.05) is 66.3 Å². The summed E-state index contributed by atoms with van der Waals surface area (Å²) in [4.78, 5) is 13.7. The van der Waals surface area contributed by atoms with Gasteiger partial charge in [0, 0.05) is 33.4 Å². The largest absolute Gasteiger partial charge is 0.462 e. The highest BCUT2D eigenvalue weighted by atomic mass is 16.6. The maximum absolute atomic E-state index is 11.6. The van der Waals surface area contributed by atoms with Gasteiger partial charge in [0.2, 0.25) is 0 Å². The van der Waals surface area contributed by atoms with Crippen molar-refractivity contribution in [3.8, 4) is 0 Å². The monoisotopic (exact) mass is 274 g/mol. The standard InChI is InChI=1S/C13H26N2O4/c1-17-8-3-9-18-10-11-19-13(16)12-15-6-2-4-14-5-7-15/h14H,2-12H2,1H3. The summed E-state index contributed by atoms with van der Waals surface area (Å²) >= 11 is 0. The van der Waals surface area contributed by atoms with Crippen molar-refractivity contribution in [2.45, 2.75) is 12.8 Å². The molecule has 19 heavy (non-hydrogen) atoms. The average Bonchev–Trinajstić information content (AvgIpc) is 2.66. The van der Waals surface area contributed by atoms with Crippen LogP contribution in [0.4, 0.5) is 0 Å². The van der Waals surface area contributed by atoms with Crippen LogP contribution in [0.3, 0.4) is 0 Å². The van der Waals surface area contributed by atoms with Crippen LogP contribution in [0, 0.1) is 0 Å². The first kappa shape index (κ1) is 16.4. The van der Waals surface area contributed by atoms with E-state index >= 15 is 0 Å². The first-order valence-corrected chi connectivity index (χ1v) is 6.98. The minimum Gasteiger partial charge on any atom is -0.462 e.